The fourth-order valence-corrected chi connectivity index (χ4v) is 5.75. The minimum Gasteiger partial charge on any atom is -0.497 e. The number of benzene rings is 3. The molecule has 11 heteroatoms. The molecule has 9 nitrogen and oxygen atoms in total. The second-order valence-corrected chi connectivity index (χ2v) is 12.6. The first-order valence-corrected chi connectivity index (χ1v) is 15.3. The van der Waals surface area contributed by atoms with Crippen LogP contribution >= 0.6 is 15.9 Å². The van der Waals surface area contributed by atoms with Gasteiger partial charge in [0.25, 0.3) is 10.0 Å². The van der Waals surface area contributed by atoms with E-state index in [2.05, 4.69) is 21.2 Å². The zero-order chi connectivity index (χ0) is 30.2. The van der Waals surface area contributed by atoms with Crippen molar-refractivity contribution in [3.8, 4) is 11.5 Å². The number of ether oxygens (including phenoxy) is 2. The van der Waals surface area contributed by atoms with E-state index in [1.807, 2.05) is 38.1 Å². The van der Waals surface area contributed by atoms with Gasteiger partial charge >= 0.3 is 0 Å². The van der Waals surface area contributed by atoms with Crippen molar-refractivity contribution in [2.75, 3.05) is 31.6 Å². The van der Waals surface area contributed by atoms with E-state index in [1.165, 1.54) is 37.3 Å². The quantitative estimate of drug-likeness (QED) is 0.285. The fraction of sp³-hybridized carbons (Fsp3) is 0.333. The number of nitrogens with one attached hydrogen (secondary N) is 1. The molecule has 0 spiro atoms. The van der Waals surface area contributed by atoms with Gasteiger partial charge in [-0.15, -0.1) is 0 Å². The zero-order valence-corrected chi connectivity index (χ0v) is 26.2. The fourth-order valence-electron chi connectivity index (χ4n) is 4.05. The van der Waals surface area contributed by atoms with Crippen LogP contribution in [0.25, 0.3) is 0 Å². The maximum absolute atomic E-state index is 14.1. The molecule has 0 unspecified atom stereocenters. The Balaban J connectivity index is 2.08. The number of methoxy groups -OCH3 is 2. The molecule has 3 aromatic rings. The van der Waals surface area contributed by atoms with E-state index in [0.717, 1.165) is 14.3 Å². The van der Waals surface area contributed by atoms with Crippen LogP contribution in [0.2, 0.25) is 0 Å². The highest BCUT2D eigenvalue weighted by Gasteiger charge is 2.34. The highest BCUT2D eigenvalue weighted by molar-refractivity contribution is 9.10. The van der Waals surface area contributed by atoms with Gasteiger partial charge in [0.15, 0.2) is 0 Å². The lowest BCUT2D eigenvalue weighted by Gasteiger charge is -2.32. The molecule has 3 rings (SSSR count). The number of carbonyl (C=O) groups is 2. The average molecular weight is 647 g/mol. The van der Waals surface area contributed by atoms with Crippen molar-refractivity contribution >= 4 is 43.5 Å². The van der Waals surface area contributed by atoms with Crippen LogP contribution in [0.1, 0.15) is 26.3 Å². The molecule has 0 aliphatic heterocycles. The Morgan fingerprint density at radius 1 is 0.927 bits per heavy atom. The van der Waals surface area contributed by atoms with Crippen LogP contribution in [-0.2, 0) is 26.2 Å². The molecule has 0 aromatic heterocycles. The largest absolute Gasteiger partial charge is 0.497 e. The molecule has 1 N–H and O–H groups in total. The number of hydrogen-bond acceptors (Lipinski definition) is 6. The molecule has 1 atom stereocenters. The Labute approximate surface area is 250 Å². The average Bonchev–Trinajstić information content (AvgIpc) is 2.97. The first-order valence-electron chi connectivity index (χ1n) is 13.1. The van der Waals surface area contributed by atoms with Crippen molar-refractivity contribution in [2.24, 2.45) is 5.92 Å². The lowest BCUT2D eigenvalue weighted by molar-refractivity contribution is -0.139. The van der Waals surface area contributed by atoms with Crippen LogP contribution in [0, 0.1) is 5.92 Å². The number of hydrogen-bond donors (Lipinski definition) is 1. The van der Waals surface area contributed by atoms with E-state index in [-0.39, 0.29) is 34.7 Å². The summed E-state index contributed by atoms with van der Waals surface area (Å²) in [6.07, 6.45) is 0. The minimum absolute atomic E-state index is 0.000132. The molecule has 0 aliphatic carbocycles. The first-order chi connectivity index (χ1) is 19.5. The van der Waals surface area contributed by atoms with Crippen LogP contribution in [0.15, 0.2) is 82.2 Å². The van der Waals surface area contributed by atoms with Crippen molar-refractivity contribution in [2.45, 2.75) is 38.3 Å². The van der Waals surface area contributed by atoms with Gasteiger partial charge in [-0.3, -0.25) is 13.9 Å². The summed E-state index contributed by atoms with van der Waals surface area (Å²) in [4.78, 5) is 28.6. The summed E-state index contributed by atoms with van der Waals surface area (Å²) in [5.74, 6) is -0.0613. The number of nitrogens with zero attached hydrogens (tertiary/aromatic N) is 2. The molecule has 0 bridgehead atoms. The molecular weight excluding hydrogens is 610 g/mol. The van der Waals surface area contributed by atoms with Crippen LogP contribution < -0.4 is 19.1 Å². The summed E-state index contributed by atoms with van der Waals surface area (Å²) >= 11 is 3.41. The molecule has 41 heavy (non-hydrogen) atoms. The van der Waals surface area contributed by atoms with Gasteiger partial charge in [-0.1, -0.05) is 60.1 Å². The third-order valence-corrected chi connectivity index (χ3v) is 8.69. The lowest BCUT2D eigenvalue weighted by Crippen LogP contribution is -2.51. The Morgan fingerprint density at radius 3 is 2.17 bits per heavy atom. The summed E-state index contributed by atoms with van der Waals surface area (Å²) in [7, 11) is -1.36. The Morgan fingerprint density at radius 2 is 1.59 bits per heavy atom. The molecule has 0 fully saturated rings. The molecule has 220 valence electrons. The molecule has 0 radical (unpaired) electrons. The van der Waals surface area contributed by atoms with Gasteiger partial charge in [0.1, 0.15) is 24.1 Å². The monoisotopic (exact) mass is 645 g/mol. The van der Waals surface area contributed by atoms with Crippen molar-refractivity contribution in [3.05, 3.63) is 82.8 Å². The molecule has 0 heterocycles. The van der Waals surface area contributed by atoms with Crippen molar-refractivity contribution in [1.29, 1.82) is 0 Å². The van der Waals surface area contributed by atoms with E-state index in [9.17, 15) is 18.0 Å². The van der Waals surface area contributed by atoms with Crippen molar-refractivity contribution in [3.63, 3.8) is 0 Å². The van der Waals surface area contributed by atoms with E-state index in [1.54, 1.807) is 37.3 Å². The number of sulfonamides is 1. The number of rotatable bonds is 13. The summed E-state index contributed by atoms with van der Waals surface area (Å²) in [6, 6.07) is 19.0. The zero-order valence-electron chi connectivity index (χ0n) is 23.8. The second-order valence-electron chi connectivity index (χ2n) is 9.83. The number of anilines is 1. The maximum Gasteiger partial charge on any atom is 0.264 e. The summed E-state index contributed by atoms with van der Waals surface area (Å²) in [5.41, 5.74) is 0.908. The normalized spacial score (nSPS) is 12.0. The van der Waals surface area contributed by atoms with Crippen LogP contribution in [0.3, 0.4) is 0 Å². The van der Waals surface area contributed by atoms with Crippen LogP contribution in [-0.4, -0.2) is 58.5 Å². The van der Waals surface area contributed by atoms with Gasteiger partial charge in [0, 0.05) is 23.6 Å². The highest BCUT2D eigenvalue weighted by Crippen LogP contribution is 2.36. The number of amides is 2. The van der Waals surface area contributed by atoms with Gasteiger partial charge in [0.05, 0.1) is 24.8 Å². The smallest absolute Gasteiger partial charge is 0.264 e. The third kappa shape index (κ3) is 8.23. The van der Waals surface area contributed by atoms with Gasteiger partial charge in [0.2, 0.25) is 11.8 Å². The first kappa shape index (κ1) is 32.0. The van der Waals surface area contributed by atoms with Crippen molar-refractivity contribution < 1.29 is 27.5 Å². The summed E-state index contributed by atoms with van der Waals surface area (Å²) in [5, 5.41) is 2.88. The molecule has 0 saturated carbocycles. The van der Waals surface area contributed by atoms with Crippen molar-refractivity contribution in [1.82, 2.24) is 10.2 Å². The number of carbonyl (C=O) groups excluding carboxylic acids is 2. The summed E-state index contributed by atoms with van der Waals surface area (Å²) in [6.45, 7) is 5.54. The minimum atomic E-state index is -4.24. The Kier molecular flexibility index (Phi) is 11.2. The molecule has 0 saturated heterocycles. The lowest BCUT2D eigenvalue weighted by atomic mass is 10.1. The van der Waals surface area contributed by atoms with E-state index < -0.39 is 28.5 Å². The van der Waals surface area contributed by atoms with Gasteiger partial charge < -0.3 is 19.7 Å². The SMILES string of the molecule is COc1ccc(OC)c(N(CC(=O)N(Cc2ccc(Br)cc2)[C@H](C)C(=O)NCC(C)C)S(=O)(=O)c2ccccc2)c1. The van der Waals surface area contributed by atoms with Gasteiger partial charge in [-0.05, 0) is 54.8 Å². The molecule has 0 aliphatic rings. The van der Waals surface area contributed by atoms with Gasteiger partial charge in [-0.25, -0.2) is 8.42 Å². The maximum atomic E-state index is 14.1. The van der Waals surface area contributed by atoms with E-state index in [4.69, 9.17) is 9.47 Å². The predicted molar refractivity (Wildman–Crippen MR) is 163 cm³/mol. The standard InChI is InChI=1S/C30H36BrN3O6S/c1-21(2)18-32-30(36)22(3)33(19-23-11-13-24(31)14-12-23)29(35)20-34(41(37,38)26-9-7-6-8-10-26)27-17-25(39-4)15-16-28(27)40-5/h6-17,21-22H,18-20H2,1-5H3,(H,32,36)/t22-/m1/s1. The molecular formula is C30H36BrN3O6S. The molecule has 2 amide bonds. The Hall–Kier alpha value is -3.57. The summed E-state index contributed by atoms with van der Waals surface area (Å²) < 4.78 is 40.7. The second kappa shape index (κ2) is 14.4. The topological polar surface area (TPSA) is 105 Å². The Bertz CT molecular complexity index is 1430. The molecule has 3 aromatic carbocycles. The van der Waals surface area contributed by atoms with E-state index >= 15 is 0 Å². The van der Waals surface area contributed by atoms with Crippen LogP contribution in [0.4, 0.5) is 5.69 Å². The van der Waals surface area contributed by atoms with Crippen LogP contribution in [0.5, 0.6) is 11.5 Å². The number of halogens is 1. The highest BCUT2D eigenvalue weighted by atomic mass is 79.9. The van der Waals surface area contributed by atoms with E-state index in [0.29, 0.717) is 12.3 Å². The van der Waals surface area contributed by atoms with Gasteiger partial charge in [-0.2, -0.15) is 0 Å². The third-order valence-electron chi connectivity index (χ3n) is 6.38. The predicted octanol–water partition coefficient (Wildman–Crippen LogP) is 4.85.